The summed E-state index contributed by atoms with van der Waals surface area (Å²) in [5.41, 5.74) is 2.07. The van der Waals surface area contributed by atoms with Crippen LogP contribution in [0.5, 0.6) is 0 Å². The topological polar surface area (TPSA) is 88.4 Å². The van der Waals surface area contributed by atoms with Crippen LogP contribution in [0.25, 0.3) is 5.65 Å². The van der Waals surface area contributed by atoms with Crippen molar-refractivity contribution in [1.29, 1.82) is 0 Å². The summed E-state index contributed by atoms with van der Waals surface area (Å²) in [4.78, 5) is 28.5. The zero-order valence-corrected chi connectivity index (χ0v) is 13.5. The van der Waals surface area contributed by atoms with Crippen molar-refractivity contribution in [3.8, 4) is 0 Å². The van der Waals surface area contributed by atoms with Crippen LogP contribution in [0, 0.1) is 5.92 Å². The molecular weight excluding hydrogens is 318 g/mol. The fraction of sp³-hybridized carbons (Fsp3) is 0.222. The molecule has 25 heavy (non-hydrogen) atoms. The fourth-order valence-corrected chi connectivity index (χ4v) is 2.50. The molecule has 2 amide bonds. The Morgan fingerprint density at radius 2 is 1.92 bits per heavy atom. The van der Waals surface area contributed by atoms with Crippen LogP contribution >= 0.6 is 0 Å². The van der Waals surface area contributed by atoms with E-state index >= 15 is 0 Å². The lowest BCUT2D eigenvalue weighted by molar-refractivity contribution is 0.0951. The first-order chi connectivity index (χ1) is 12.2. The molecule has 0 radical (unpaired) electrons. The standard InChI is InChI=1S/C18H17N5O2/c24-17(19-10-12-3-4-12)13-5-7-14(8-6-13)21-18(25)15-11-23-16(22-15)2-1-9-20-23/h1-2,5-9,11-12H,3-4,10H2,(H,19,24)(H,21,25). The molecule has 0 bridgehead atoms. The van der Waals surface area contributed by atoms with Gasteiger partial charge in [-0.3, -0.25) is 9.59 Å². The maximum atomic E-state index is 12.3. The average molecular weight is 335 g/mol. The smallest absolute Gasteiger partial charge is 0.275 e. The Bertz CT molecular complexity index is 895. The van der Waals surface area contributed by atoms with E-state index in [2.05, 4.69) is 20.7 Å². The fourth-order valence-electron chi connectivity index (χ4n) is 2.50. The molecular formula is C18H17N5O2. The molecule has 1 aromatic carbocycles. The Hall–Kier alpha value is -3.22. The first kappa shape index (κ1) is 15.3. The number of anilines is 1. The van der Waals surface area contributed by atoms with Gasteiger partial charge in [0.1, 0.15) is 5.69 Å². The minimum atomic E-state index is -0.323. The molecule has 2 N–H and O–H groups in total. The monoisotopic (exact) mass is 335 g/mol. The molecule has 1 aliphatic carbocycles. The predicted molar refractivity (Wildman–Crippen MR) is 92.4 cm³/mol. The molecule has 7 heteroatoms. The quantitative estimate of drug-likeness (QED) is 0.747. The average Bonchev–Trinajstić information content (AvgIpc) is 3.36. The third kappa shape index (κ3) is 3.50. The molecule has 1 fully saturated rings. The van der Waals surface area contributed by atoms with Crippen molar-refractivity contribution in [3.05, 3.63) is 60.0 Å². The maximum Gasteiger partial charge on any atom is 0.275 e. The number of benzene rings is 1. The van der Waals surface area contributed by atoms with Crippen molar-refractivity contribution in [2.45, 2.75) is 12.8 Å². The van der Waals surface area contributed by atoms with Crippen LogP contribution in [-0.2, 0) is 0 Å². The summed E-state index contributed by atoms with van der Waals surface area (Å²) in [6.45, 7) is 0.735. The molecule has 0 spiro atoms. The van der Waals surface area contributed by atoms with Crippen LogP contribution in [0.15, 0.2) is 48.8 Å². The molecule has 0 saturated heterocycles. The number of nitrogens with one attached hydrogen (secondary N) is 2. The maximum absolute atomic E-state index is 12.3. The zero-order chi connectivity index (χ0) is 17.2. The van der Waals surface area contributed by atoms with Gasteiger partial charge in [-0.05, 0) is 55.2 Å². The van der Waals surface area contributed by atoms with E-state index in [1.54, 1.807) is 53.3 Å². The van der Waals surface area contributed by atoms with Crippen LogP contribution in [0.1, 0.15) is 33.7 Å². The van der Waals surface area contributed by atoms with Crippen LogP contribution in [0.2, 0.25) is 0 Å². The molecule has 2 aromatic heterocycles. The minimum absolute atomic E-state index is 0.0869. The van der Waals surface area contributed by atoms with E-state index in [0.29, 0.717) is 22.8 Å². The second-order valence-corrected chi connectivity index (χ2v) is 6.14. The summed E-state index contributed by atoms with van der Waals surface area (Å²) in [6.07, 6.45) is 5.60. The van der Waals surface area contributed by atoms with E-state index in [9.17, 15) is 9.59 Å². The summed E-state index contributed by atoms with van der Waals surface area (Å²) in [6, 6.07) is 10.3. The van der Waals surface area contributed by atoms with Gasteiger partial charge in [-0.25, -0.2) is 9.50 Å². The van der Waals surface area contributed by atoms with E-state index in [-0.39, 0.29) is 17.5 Å². The summed E-state index contributed by atoms with van der Waals surface area (Å²) in [7, 11) is 0. The normalized spacial score (nSPS) is 13.6. The van der Waals surface area contributed by atoms with E-state index in [1.165, 1.54) is 12.8 Å². The summed E-state index contributed by atoms with van der Waals surface area (Å²) < 4.78 is 1.54. The number of amides is 2. The van der Waals surface area contributed by atoms with Gasteiger partial charge in [-0.2, -0.15) is 5.10 Å². The van der Waals surface area contributed by atoms with Crippen molar-refractivity contribution in [3.63, 3.8) is 0 Å². The number of carbonyl (C=O) groups excluding carboxylic acids is 2. The molecule has 126 valence electrons. The third-order valence-electron chi connectivity index (χ3n) is 4.12. The molecule has 7 nitrogen and oxygen atoms in total. The molecule has 1 aliphatic rings. The lowest BCUT2D eigenvalue weighted by Crippen LogP contribution is -2.25. The highest BCUT2D eigenvalue weighted by atomic mass is 16.2. The molecule has 0 atom stereocenters. The van der Waals surface area contributed by atoms with Gasteiger partial charge < -0.3 is 10.6 Å². The van der Waals surface area contributed by atoms with Gasteiger partial charge in [-0.1, -0.05) is 0 Å². The zero-order valence-electron chi connectivity index (χ0n) is 13.5. The van der Waals surface area contributed by atoms with E-state index in [1.807, 2.05) is 0 Å². The van der Waals surface area contributed by atoms with Gasteiger partial charge in [0.15, 0.2) is 5.65 Å². The summed E-state index contributed by atoms with van der Waals surface area (Å²) >= 11 is 0. The Morgan fingerprint density at radius 1 is 1.12 bits per heavy atom. The number of carbonyl (C=O) groups is 2. The van der Waals surface area contributed by atoms with E-state index in [4.69, 9.17) is 0 Å². The Kier molecular flexibility index (Phi) is 3.89. The highest BCUT2D eigenvalue weighted by molar-refractivity contribution is 6.03. The van der Waals surface area contributed by atoms with Crippen LogP contribution in [0.4, 0.5) is 5.69 Å². The second-order valence-electron chi connectivity index (χ2n) is 6.14. The summed E-state index contributed by atoms with van der Waals surface area (Å²) in [5, 5.41) is 9.77. The van der Waals surface area contributed by atoms with Crippen LogP contribution in [0.3, 0.4) is 0 Å². The second kappa shape index (κ2) is 6.35. The number of fused-ring (bicyclic) bond motifs is 1. The van der Waals surface area contributed by atoms with Crippen molar-refractivity contribution in [1.82, 2.24) is 19.9 Å². The number of imidazole rings is 1. The SMILES string of the molecule is O=C(NCC1CC1)c1ccc(NC(=O)c2cn3ncccc3n2)cc1. The number of hydrogen-bond acceptors (Lipinski definition) is 4. The lowest BCUT2D eigenvalue weighted by Gasteiger charge is -2.06. The molecule has 2 heterocycles. The first-order valence-electron chi connectivity index (χ1n) is 8.19. The number of nitrogens with zero attached hydrogens (tertiary/aromatic N) is 3. The molecule has 4 rings (SSSR count). The summed E-state index contributed by atoms with van der Waals surface area (Å²) in [5.74, 6) is 0.232. The molecule has 0 aliphatic heterocycles. The lowest BCUT2D eigenvalue weighted by atomic mass is 10.2. The van der Waals surface area contributed by atoms with E-state index in [0.717, 1.165) is 6.54 Å². The molecule has 0 unspecified atom stereocenters. The number of aromatic nitrogens is 3. The number of rotatable bonds is 5. The number of hydrogen-bond donors (Lipinski definition) is 2. The third-order valence-corrected chi connectivity index (χ3v) is 4.12. The van der Waals surface area contributed by atoms with Gasteiger partial charge in [-0.15, -0.1) is 0 Å². The molecule has 1 saturated carbocycles. The van der Waals surface area contributed by atoms with Crippen molar-refractivity contribution < 1.29 is 9.59 Å². The Balaban J connectivity index is 1.41. The van der Waals surface area contributed by atoms with Crippen LogP contribution in [-0.4, -0.2) is 33.0 Å². The largest absolute Gasteiger partial charge is 0.352 e. The minimum Gasteiger partial charge on any atom is -0.352 e. The predicted octanol–water partition coefficient (Wildman–Crippen LogP) is 2.12. The van der Waals surface area contributed by atoms with Gasteiger partial charge in [0.2, 0.25) is 0 Å². The van der Waals surface area contributed by atoms with E-state index < -0.39 is 0 Å². The van der Waals surface area contributed by atoms with Crippen LogP contribution < -0.4 is 10.6 Å². The van der Waals surface area contributed by atoms with Crippen molar-refractivity contribution in [2.75, 3.05) is 11.9 Å². The Morgan fingerprint density at radius 3 is 2.64 bits per heavy atom. The highest BCUT2D eigenvalue weighted by Gasteiger charge is 2.21. The van der Waals surface area contributed by atoms with Crippen molar-refractivity contribution in [2.24, 2.45) is 5.92 Å². The van der Waals surface area contributed by atoms with Gasteiger partial charge >= 0.3 is 0 Å². The first-order valence-corrected chi connectivity index (χ1v) is 8.19. The Labute approximate surface area is 144 Å². The van der Waals surface area contributed by atoms with Gasteiger partial charge in [0.05, 0.1) is 6.20 Å². The van der Waals surface area contributed by atoms with Crippen molar-refractivity contribution >= 4 is 23.1 Å². The highest BCUT2D eigenvalue weighted by Crippen LogP contribution is 2.27. The molecule has 3 aromatic rings. The van der Waals surface area contributed by atoms with Gasteiger partial charge in [0.25, 0.3) is 11.8 Å². The van der Waals surface area contributed by atoms with Gasteiger partial charge in [0, 0.05) is 24.0 Å².